The van der Waals surface area contributed by atoms with Crippen LogP contribution in [0.5, 0.6) is 0 Å². The van der Waals surface area contributed by atoms with Crippen LogP contribution >= 0.6 is 0 Å². The lowest BCUT2D eigenvalue weighted by atomic mass is 10.2. The third kappa shape index (κ3) is 2.33. The minimum Gasteiger partial charge on any atom is -0.379 e. The Bertz CT molecular complexity index is 64.6. The molecular formula is C7H14O2. The van der Waals surface area contributed by atoms with Crippen molar-refractivity contribution in [3.8, 4) is 0 Å². The normalized spacial score (nSPS) is 28.3. The van der Waals surface area contributed by atoms with Crippen molar-refractivity contribution in [3.63, 3.8) is 0 Å². The second-order valence-corrected chi connectivity index (χ2v) is 2.29. The van der Waals surface area contributed by atoms with E-state index >= 15 is 0 Å². The van der Waals surface area contributed by atoms with Gasteiger partial charge in [0.2, 0.25) is 0 Å². The molecule has 0 bridgehead atoms. The second-order valence-electron chi connectivity index (χ2n) is 2.29. The van der Waals surface area contributed by atoms with Crippen molar-refractivity contribution in [1.29, 1.82) is 0 Å². The van der Waals surface area contributed by atoms with E-state index in [0.717, 1.165) is 26.2 Å². The fraction of sp³-hybridized carbons (Fsp3) is 1.00. The lowest BCUT2D eigenvalue weighted by Crippen LogP contribution is -2.25. The molecule has 0 saturated carbocycles. The van der Waals surface area contributed by atoms with Crippen LogP contribution in [0.4, 0.5) is 0 Å². The van der Waals surface area contributed by atoms with Gasteiger partial charge in [0.15, 0.2) is 0 Å². The standard InChI is InChI=1S/C7H14O2/c1-2-9-7-4-3-5-8-6-7/h7H,2-6H2,1H3/t7-/m1/s1. The van der Waals surface area contributed by atoms with E-state index < -0.39 is 0 Å². The van der Waals surface area contributed by atoms with Gasteiger partial charge in [0.1, 0.15) is 0 Å². The van der Waals surface area contributed by atoms with E-state index in [1.54, 1.807) is 0 Å². The number of hydrogen-bond acceptors (Lipinski definition) is 2. The van der Waals surface area contributed by atoms with E-state index in [9.17, 15) is 0 Å². The molecular weight excluding hydrogens is 116 g/mol. The average Bonchev–Trinajstić information content (AvgIpc) is 1.91. The average molecular weight is 130 g/mol. The highest BCUT2D eigenvalue weighted by Crippen LogP contribution is 2.08. The van der Waals surface area contributed by atoms with Crippen LogP contribution in [0, 0.1) is 0 Å². The van der Waals surface area contributed by atoms with Crippen molar-refractivity contribution in [1.82, 2.24) is 0 Å². The molecule has 0 aromatic carbocycles. The van der Waals surface area contributed by atoms with E-state index in [4.69, 9.17) is 9.47 Å². The van der Waals surface area contributed by atoms with Crippen LogP contribution in [-0.2, 0) is 9.47 Å². The zero-order chi connectivity index (χ0) is 6.53. The quantitative estimate of drug-likeness (QED) is 0.559. The first-order chi connectivity index (χ1) is 4.43. The van der Waals surface area contributed by atoms with Gasteiger partial charge in [-0.15, -0.1) is 0 Å². The first-order valence-corrected chi connectivity index (χ1v) is 3.63. The van der Waals surface area contributed by atoms with Crippen molar-refractivity contribution in [2.24, 2.45) is 0 Å². The molecule has 1 rings (SSSR count). The highest BCUT2D eigenvalue weighted by Gasteiger charge is 2.12. The molecule has 1 saturated heterocycles. The van der Waals surface area contributed by atoms with Gasteiger partial charge in [-0.2, -0.15) is 0 Å². The topological polar surface area (TPSA) is 18.5 Å². The van der Waals surface area contributed by atoms with Gasteiger partial charge in [0.05, 0.1) is 12.7 Å². The first kappa shape index (κ1) is 7.03. The largest absolute Gasteiger partial charge is 0.379 e. The minimum absolute atomic E-state index is 0.378. The fourth-order valence-corrected chi connectivity index (χ4v) is 1.08. The molecule has 0 amide bonds. The summed E-state index contributed by atoms with van der Waals surface area (Å²) in [5.74, 6) is 0. The van der Waals surface area contributed by atoms with Gasteiger partial charge in [0.25, 0.3) is 0 Å². The van der Waals surface area contributed by atoms with Gasteiger partial charge < -0.3 is 9.47 Å². The maximum Gasteiger partial charge on any atom is 0.0809 e. The Balaban J connectivity index is 2.08. The maximum absolute atomic E-state index is 5.36. The summed E-state index contributed by atoms with van der Waals surface area (Å²) in [6.45, 7) is 4.56. The van der Waals surface area contributed by atoms with Gasteiger partial charge in [-0.25, -0.2) is 0 Å². The van der Waals surface area contributed by atoms with Crippen LogP contribution in [-0.4, -0.2) is 25.9 Å². The zero-order valence-electron chi connectivity index (χ0n) is 5.93. The third-order valence-corrected chi connectivity index (χ3v) is 1.52. The maximum atomic E-state index is 5.36. The number of rotatable bonds is 2. The van der Waals surface area contributed by atoms with Gasteiger partial charge in [-0.3, -0.25) is 0 Å². The summed E-state index contributed by atoms with van der Waals surface area (Å²) in [6, 6.07) is 0. The highest BCUT2D eigenvalue weighted by molar-refractivity contribution is 4.60. The lowest BCUT2D eigenvalue weighted by molar-refractivity contribution is -0.0457. The van der Waals surface area contributed by atoms with Gasteiger partial charge in [0, 0.05) is 13.2 Å². The first-order valence-electron chi connectivity index (χ1n) is 3.63. The molecule has 1 heterocycles. The molecule has 0 unspecified atom stereocenters. The molecule has 0 aliphatic carbocycles. The summed E-state index contributed by atoms with van der Waals surface area (Å²) in [4.78, 5) is 0. The van der Waals surface area contributed by atoms with E-state index in [2.05, 4.69) is 0 Å². The molecule has 0 aromatic heterocycles. The Labute approximate surface area is 56.2 Å². The minimum atomic E-state index is 0.378. The smallest absolute Gasteiger partial charge is 0.0809 e. The van der Waals surface area contributed by atoms with Crippen LogP contribution in [0.1, 0.15) is 19.8 Å². The molecule has 1 aliphatic heterocycles. The summed E-state index contributed by atoms with van der Waals surface area (Å²) in [5, 5.41) is 0. The SMILES string of the molecule is CCO[C@@H]1CCCOC1. The van der Waals surface area contributed by atoms with Gasteiger partial charge in [-0.1, -0.05) is 0 Å². The highest BCUT2D eigenvalue weighted by atomic mass is 16.5. The van der Waals surface area contributed by atoms with E-state index in [0.29, 0.717) is 6.10 Å². The zero-order valence-corrected chi connectivity index (χ0v) is 5.93. The summed E-state index contributed by atoms with van der Waals surface area (Å²) >= 11 is 0. The fourth-order valence-electron chi connectivity index (χ4n) is 1.08. The van der Waals surface area contributed by atoms with Crippen molar-refractivity contribution in [2.75, 3.05) is 19.8 Å². The molecule has 1 fully saturated rings. The van der Waals surface area contributed by atoms with Crippen LogP contribution in [0.25, 0.3) is 0 Å². The Morgan fingerprint density at radius 3 is 3.11 bits per heavy atom. The molecule has 0 spiro atoms. The summed E-state index contributed by atoms with van der Waals surface area (Å²) in [6.07, 6.45) is 2.71. The monoisotopic (exact) mass is 130 g/mol. The molecule has 2 heteroatoms. The summed E-state index contributed by atoms with van der Waals surface area (Å²) < 4.78 is 10.6. The molecule has 1 atom stereocenters. The third-order valence-electron chi connectivity index (χ3n) is 1.52. The van der Waals surface area contributed by atoms with E-state index in [1.165, 1.54) is 6.42 Å². The Kier molecular flexibility index (Phi) is 3.01. The molecule has 2 nitrogen and oxygen atoms in total. The lowest BCUT2D eigenvalue weighted by Gasteiger charge is -2.21. The number of hydrogen-bond donors (Lipinski definition) is 0. The Morgan fingerprint density at radius 2 is 2.56 bits per heavy atom. The van der Waals surface area contributed by atoms with Gasteiger partial charge >= 0.3 is 0 Å². The predicted octanol–water partition coefficient (Wildman–Crippen LogP) is 1.20. The van der Waals surface area contributed by atoms with Crippen molar-refractivity contribution >= 4 is 0 Å². The molecule has 1 aliphatic rings. The van der Waals surface area contributed by atoms with E-state index in [1.807, 2.05) is 6.92 Å². The molecule has 0 aromatic rings. The summed E-state index contributed by atoms with van der Waals surface area (Å²) in [5.41, 5.74) is 0. The Hall–Kier alpha value is -0.0800. The van der Waals surface area contributed by atoms with Crippen LogP contribution < -0.4 is 0 Å². The van der Waals surface area contributed by atoms with Gasteiger partial charge in [-0.05, 0) is 19.8 Å². The molecule has 0 N–H and O–H groups in total. The predicted molar refractivity (Wildman–Crippen MR) is 35.5 cm³/mol. The van der Waals surface area contributed by atoms with Crippen LogP contribution in [0.3, 0.4) is 0 Å². The molecule has 0 radical (unpaired) electrons. The van der Waals surface area contributed by atoms with Crippen molar-refractivity contribution in [2.45, 2.75) is 25.9 Å². The summed E-state index contributed by atoms with van der Waals surface area (Å²) in [7, 11) is 0. The molecule has 54 valence electrons. The van der Waals surface area contributed by atoms with E-state index in [-0.39, 0.29) is 0 Å². The van der Waals surface area contributed by atoms with Crippen molar-refractivity contribution < 1.29 is 9.47 Å². The van der Waals surface area contributed by atoms with Crippen LogP contribution in [0.2, 0.25) is 0 Å². The second kappa shape index (κ2) is 3.85. The molecule has 9 heavy (non-hydrogen) atoms. The van der Waals surface area contributed by atoms with Crippen LogP contribution in [0.15, 0.2) is 0 Å². The Morgan fingerprint density at radius 1 is 1.67 bits per heavy atom. The number of ether oxygens (including phenoxy) is 2. The van der Waals surface area contributed by atoms with Crippen molar-refractivity contribution in [3.05, 3.63) is 0 Å².